The SMILES string of the molecule is O=C(NC1CCCS(=O)(=O)C1)c1cc([N+](=O)[O-])ccc1I. The molecule has 0 aromatic heterocycles. The summed E-state index contributed by atoms with van der Waals surface area (Å²) in [6.45, 7) is 0. The van der Waals surface area contributed by atoms with Crippen LogP contribution in [0.3, 0.4) is 0 Å². The number of nitro groups is 1. The molecule has 2 rings (SSSR count). The van der Waals surface area contributed by atoms with E-state index in [1.54, 1.807) is 0 Å². The fourth-order valence-electron chi connectivity index (χ4n) is 2.20. The van der Waals surface area contributed by atoms with E-state index in [1.165, 1.54) is 18.2 Å². The number of hydrogen-bond acceptors (Lipinski definition) is 5. The quantitative estimate of drug-likeness (QED) is 0.450. The van der Waals surface area contributed by atoms with Crippen LogP contribution in [0.1, 0.15) is 23.2 Å². The molecule has 1 N–H and O–H groups in total. The first-order valence-corrected chi connectivity index (χ1v) is 9.14. The summed E-state index contributed by atoms with van der Waals surface area (Å²) in [5.41, 5.74) is 0.0182. The lowest BCUT2D eigenvalue weighted by molar-refractivity contribution is -0.384. The van der Waals surface area contributed by atoms with Gasteiger partial charge < -0.3 is 5.32 Å². The van der Waals surface area contributed by atoms with E-state index >= 15 is 0 Å². The monoisotopic (exact) mass is 424 g/mol. The number of non-ortho nitro benzene ring substituents is 1. The molecule has 1 heterocycles. The Morgan fingerprint density at radius 2 is 2.14 bits per heavy atom. The highest BCUT2D eigenvalue weighted by Crippen LogP contribution is 2.20. The summed E-state index contributed by atoms with van der Waals surface area (Å²) in [4.78, 5) is 22.4. The summed E-state index contributed by atoms with van der Waals surface area (Å²) in [5.74, 6) is -0.414. The molecule has 1 aliphatic rings. The molecule has 21 heavy (non-hydrogen) atoms. The van der Waals surface area contributed by atoms with Crippen molar-refractivity contribution in [3.8, 4) is 0 Å². The zero-order chi connectivity index (χ0) is 15.6. The molecule has 9 heteroatoms. The first-order chi connectivity index (χ1) is 9.78. The lowest BCUT2D eigenvalue weighted by atomic mass is 10.1. The molecule has 1 atom stereocenters. The van der Waals surface area contributed by atoms with E-state index in [1.807, 2.05) is 22.6 Å². The summed E-state index contributed by atoms with van der Waals surface area (Å²) >= 11 is 1.92. The molecule has 0 bridgehead atoms. The summed E-state index contributed by atoms with van der Waals surface area (Å²) < 4.78 is 23.7. The Morgan fingerprint density at radius 1 is 1.43 bits per heavy atom. The van der Waals surface area contributed by atoms with Crippen LogP contribution in [0.5, 0.6) is 0 Å². The van der Waals surface area contributed by atoms with Gasteiger partial charge in [-0.15, -0.1) is 0 Å². The lowest BCUT2D eigenvalue weighted by Crippen LogP contribution is -2.43. The topological polar surface area (TPSA) is 106 Å². The summed E-state index contributed by atoms with van der Waals surface area (Å²) in [6.07, 6.45) is 1.11. The van der Waals surface area contributed by atoms with Gasteiger partial charge in [-0.05, 0) is 41.5 Å². The van der Waals surface area contributed by atoms with Crippen molar-refractivity contribution < 1.29 is 18.1 Å². The van der Waals surface area contributed by atoms with Gasteiger partial charge in [0.2, 0.25) is 0 Å². The van der Waals surface area contributed by atoms with E-state index in [9.17, 15) is 23.3 Å². The molecule has 0 spiro atoms. The predicted octanol–water partition coefficient (Wildman–Crippen LogP) is 1.51. The van der Waals surface area contributed by atoms with Crippen molar-refractivity contribution in [2.75, 3.05) is 11.5 Å². The Morgan fingerprint density at radius 3 is 2.76 bits per heavy atom. The van der Waals surface area contributed by atoms with Gasteiger partial charge in [0.25, 0.3) is 11.6 Å². The predicted molar refractivity (Wildman–Crippen MR) is 85.0 cm³/mol. The Bertz CT molecular complexity index is 689. The Hall–Kier alpha value is -1.23. The van der Waals surface area contributed by atoms with E-state index in [0.29, 0.717) is 16.4 Å². The third-order valence-electron chi connectivity index (χ3n) is 3.20. The second-order valence-corrected chi connectivity index (χ2v) is 8.24. The Labute approximate surface area is 135 Å². The highest BCUT2D eigenvalue weighted by Gasteiger charge is 2.27. The number of carbonyl (C=O) groups is 1. The van der Waals surface area contributed by atoms with Crippen LogP contribution in [-0.2, 0) is 9.84 Å². The highest BCUT2D eigenvalue weighted by molar-refractivity contribution is 14.1. The minimum Gasteiger partial charge on any atom is -0.348 e. The number of nitrogens with zero attached hydrogens (tertiary/aromatic N) is 1. The molecule has 114 valence electrons. The zero-order valence-corrected chi connectivity index (χ0v) is 13.9. The molecular formula is C12H13IN2O5S. The molecule has 0 aliphatic carbocycles. The van der Waals surface area contributed by atoms with Gasteiger partial charge in [-0.3, -0.25) is 14.9 Å². The second-order valence-electron chi connectivity index (χ2n) is 4.85. The average molecular weight is 424 g/mol. The van der Waals surface area contributed by atoms with Gasteiger partial charge in [0.05, 0.1) is 22.0 Å². The molecule has 1 fully saturated rings. The minimum absolute atomic E-state index is 0.0791. The molecule has 1 aromatic carbocycles. The van der Waals surface area contributed by atoms with Crippen molar-refractivity contribution in [3.05, 3.63) is 37.4 Å². The van der Waals surface area contributed by atoms with Crippen molar-refractivity contribution in [2.45, 2.75) is 18.9 Å². The molecule has 7 nitrogen and oxygen atoms in total. The van der Waals surface area contributed by atoms with Crippen molar-refractivity contribution in [3.63, 3.8) is 0 Å². The van der Waals surface area contributed by atoms with E-state index in [4.69, 9.17) is 0 Å². The van der Waals surface area contributed by atoms with Crippen LogP contribution in [0.4, 0.5) is 5.69 Å². The van der Waals surface area contributed by atoms with E-state index in [2.05, 4.69) is 5.32 Å². The van der Waals surface area contributed by atoms with E-state index < -0.39 is 26.7 Å². The number of carbonyl (C=O) groups excluding carboxylic acids is 1. The molecule has 1 aliphatic heterocycles. The second kappa shape index (κ2) is 6.26. The number of sulfone groups is 1. The number of nitrogens with one attached hydrogen (secondary N) is 1. The molecule has 1 aromatic rings. The maximum Gasteiger partial charge on any atom is 0.270 e. The molecule has 0 radical (unpaired) electrons. The van der Waals surface area contributed by atoms with Crippen molar-refractivity contribution in [1.29, 1.82) is 0 Å². The molecule has 1 amide bonds. The van der Waals surface area contributed by atoms with Crippen LogP contribution >= 0.6 is 22.6 Å². The number of nitro benzene ring substituents is 1. The van der Waals surface area contributed by atoms with Gasteiger partial charge in [-0.1, -0.05) is 0 Å². The third-order valence-corrected chi connectivity index (χ3v) is 5.97. The van der Waals surface area contributed by atoms with Crippen LogP contribution in [0, 0.1) is 13.7 Å². The number of hydrogen-bond donors (Lipinski definition) is 1. The molecule has 1 saturated heterocycles. The summed E-state index contributed by atoms with van der Waals surface area (Å²) in [6, 6.07) is 3.58. The average Bonchev–Trinajstić information content (AvgIpc) is 2.37. The van der Waals surface area contributed by atoms with Crippen LogP contribution in [0.25, 0.3) is 0 Å². The number of halogens is 1. The highest BCUT2D eigenvalue weighted by atomic mass is 127. The smallest absolute Gasteiger partial charge is 0.270 e. The van der Waals surface area contributed by atoms with Crippen LogP contribution in [0.15, 0.2) is 18.2 Å². The van der Waals surface area contributed by atoms with Crippen molar-refractivity contribution >= 4 is 44.0 Å². The van der Waals surface area contributed by atoms with Crippen LogP contribution in [0.2, 0.25) is 0 Å². The normalized spacial score (nSPS) is 20.7. The fraction of sp³-hybridized carbons (Fsp3) is 0.417. The van der Waals surface area contributed by atoms with Crippen molar-refractivity contribution in [2.24, 2.45) is 0 Å². The van der Waals surface area contributed by atoms with Gasteiger partial charge in [0.1, 0.15) is 0 Å². The Kier molecular flexibility index (Phi) is 4.81. The number of amides is 1. The summed E-state index contributed by atoms with van der Waals surface area (Å²) in [7, 11) is -3.12. The van der Waals surface area contributed by atoms with Crippen LogP contribution < -0.4 is 5.32 Å². The first kappa shape index (κ1) is 16.1. The largest absolute Gasteiger partial charge is 0.348 e. The summed E-state index contributed by atoms with van der Waals surface area (Å²) in [5, 5.41) is 13.4. The molecule has 0 saturated carbocycles. The zero-order valence-electron chi connectivity index (χ0n) is 10.9. The van der Waals surface area contributed by atoms with Gasteiger partial charge in [-0.2, -0.15) is 0 Å². The van der Waals surface area contributed by atoms with Gasteiger partial charge in [-0.25, -0.2) is 8.42 Å². The Balaban J connectivity index is 2.17. The van der Waals surface area contributed by atoms with E-state index in [-0.39, 0.29) is 22.8 Å². The first-order valence-electron chi connectivity index (χ1n) is 6.24. The maximum absolute atomic E-state index is 12.2. The standard InChI is InChI=1S/C12H13IN2O5S/c13-11-4-3-9(15(17)18)6-10(11)12(16)14-8-2-1-5-21(19,20)7-8/h3-4,6,8H,1-2,5,7H2,(H,14,16). The molecular weight excluding hydrogens is 411 g/mol. The van der Waals surface area contributed by atoms with Gasteiger partial charge in [0, 0.05) is 21.7 Å². The third kappa shape index (κ3) is 4.13. The van der Waals surface area contributed by atoms with Gasteiger partial charge in [0.15, 0.2) is 9.84 Å². The lowest BCUT2D eigenvalue weighted by Gasteiger charge is -2.23. The maximum atomic E-state index is 12.2. The number of rotatable bonds is 3. The van der Waals surface area contributed by atoms with Crippen molar-refractivity contribution in [1.82, 2.24) is 5.32 Å². The number of benzene rings is 1. The minimum atomic E-state index is -3.12. The van der Waals surface area contributed by atoms with Crippen LogP contribution in [-0.4, -0.2) is 36.8 Å². The fourth-order valence-corrected chi connectivity index (χ4v) is 4.42. The van der Waals surface area contributed by atoms with E-state index in [0.717, 1.165) is 0 Å². The molecule has 1 unspecified atom stereocenters. The van der Waals surface area contributed by atoms with Gasteiger partial charge >= 0.3 is 0 Å².